The van der Waals surface area contributed by atoms with Crippen molar-refractivity contribution in [1.29, 1.82) is 0 Å². The van der Waals surface area contributed by atoms with Gasteiger partial charge >= 0.3 is 0 Å². The van der Waals surface area contributed by atoms with Crippen LogP contribution in [0.4, 0.5) is 5.69 Å². The number of anilines is 1. The van der Waals surface area contributed by atoms with Gasteiger partial charge in [0.25, 0.3) is 0 Å². The normalized spacial score (nSPS) is 14.4. The molecule has 1 N–H and O–H groups in total. The lowest BCUT2D eigenvalue weighted by Gasteiger charge is -2.33. The van der Waals surface area contributed by atoms with E-state index in [4.69, 9.17) is 16.3 Å². The van der Waals surface area contributed by atoms with Gasteiger partial charge in [-0.25, -0.2) is 0 Å². The number of halogens is 1. The van der Waals surface area contributed by atoms with Gasteiger partial charge in [-0.2, -0.15) is 0 Å². The molecule has 4 aromatic rings. The Hall–Kier alpha value is -3.28. The summed E-state index contributed by atoms with van der Waals surface area (Å²) in [6.07, 6.45) is 0. The maximum Gasteiger partial charge on any atom is 0.219 e. The maximum absolute atomic E-state index is 13.7. The minimum absolute atomic E-state index is 0.193. The van der Waals surface area contributed by atoms with Crippen LogP contribution in [0, 0.1) is 6.92 Å². The van der Waals surface area contributed by atoms with E-state index in [0.717, 1.165) is 71.3 Å². The number of hydrogen-bond donors (Lipinski definition) is 1. The highest BCUT2D eigenvalue weighted by Gasteiger charge is 2.27. The zero-order valence-corrected chi connectivity index (χ0v) is 21.0. The van der Waals surface area contributed by atoms with Gasteiger partial charge in [-0.3, -0.25) is 4.79 Å². The zero-order chi connectivity index (χ0) is 24.4. The molecule has 0 aliphatic carbocycles. The fourth-order valence-electron chi connectivity index (χ4n) is 5.16. The van der Waals surface area contributed by atoms with E-state index in [9.17, 15) is 4.79 Å². The second-order valence-corrected chi connectivity index (χ2v) is 9.67. The fraction of sp³-hybridized carbons (Fsp3) is 0.276. The number of benzene rings is 3. The Morgan fingerprint density at radius 2 is 1.77 bits per heavy atom. The van der Waals surface area contributed by atoms with Gasteiger partial charge in [-0.1, -0.05) is 48.0 Å². The van der Waals surface area contributed by atoms with Gasteiger partial charge in [-0.05, 0) is 48.9 Å². The molecular weight excluding hydrogens is 458 g/mol. The highest BCUT2D eigenvalue weighted by molar-refractivity contribution is 6.30. The highest BCUT2D eigenvalue weighted by Crippen LogP contribution is 2.30. The Bertz CT molecular complexity index is 1340. The standard InChI is InChI=1S/C29H30ClN3O2/c1-21-29(28(34)20-31-13-15-32(16-14-31)24-10-6-9-23(30)17-24)26-18-25(35-2)11-12-27(26)33(21)19-22-7-4-3-5-8-22/h3-12,17-18H,13-16,19-20H2,1-2H3/p+1. The van der Waals surface area contributed by atoms with E-state index in [1.807, 2.05) is 36.4 Å². The maximum atomic E-state index is 13.7. The first kappa shape index (κ1) is 23.5. The van der Waals surface area contributed by atoms with Crippen LogP contribution >= 0.6 is 11.6 Å². The molecule has 0 unspecified atom stereocenters. The van der Waals surface area contributed by atoms with Gasteiger partial charge in [0.2, 0.25) is 5.78 Å². The summed E-state index contributed by atoms with van der Waals surface area (Å²) in [6, 6.07) is 24.4. The first-order valence-electron chi connectivity index (χ1n) is 12.1. The van der Waals surface area contributed by atoms with Crippen LogP contribution in [-0.4, -0.2) is 50.2 Å². The number of carbonyl (C=O) groups excluding carboxylic acids is 1. The predicted molar refractivity (Wildman–Crippen MR) is 142 cm³/mol. The molecule has 35 heavy (non-hydrogen) atoms. The third-order valence-corrected chi connectivity index (χ3v) is 7.28. The second-order valence-electron chi connectivity index (χ2n) is 9.23. The SMILES string of the molecule is COc1ccc2c(c1)c(C(=O)C[NH+]1CCN(c3cccc(Cl)c3)CC1)c(C)n2Cc1ccccc1. The highest BCUT2D eigenvalue weighted by atomic mass is 35.5. The summed E-state index contributed by atoms with van der Waals surface area (Å²) in [4.78, 5) is 17.4. The zero-order valence-electron chi connectivity index (χ0n) is 20.3. The molecule has 1 aliphatic rings. The molecule has 1 saturated heterocycles. The minimum atomic E-state index is 0.193. The van der Waals surface area contributed by atoms with Gasteiger partial charge in [0, 0.05) is 33.9 Å². The van der Waals surface area contributed by atoms with Crippen LogP contribution in [0.25, 0.3) is 10.9 Å². The Morgan fingerprint density at radius 1 is 1.00 bits per heavy atom. The van der Waals surface area contributed by atoms with Crippen molar-refractivity contribution < 1.29 is 14.4 Å². The molecule has 6 heteroatoms. The predicted octanol–water partition coefficient (Wildman–Crippen LogP) is 4.25. The second kappa shape index (κ2) is 10.1. The number of hydrogen-bond acceptors (Lipinski definition) is 3. The average molecular weight is 489 g/mol. The summed E-state index contributed by atoms with van der Waals surface area (Å²) in [5.41, 5.74) is 5.26. The van der Waals surface area contributed by atoms with Crippen molar-refractivity contribution in [3.63, 3.8) is 0 Å². The Morgan fingerprint density at radius 3 is 2.49 bits per heavy atom. The van der Waals surface area contributed by atoms with Crippen LogP contribution in [0.1, 0.15) is 21.6 Å². The average Bonchev–Trinajstić information content (AvgIpc) is 3.15. The number of fused-ring (bicyclic) bond motifs is 1. The Balaban J connectivity index is 1.38. The topological polar surface area (TPSA) is 38.9 Å². The molecule has 2 heterocycles. The lowest BCUT2D eigenvalue weighted by atomic mass is 10.1. The van der Waals surface area contributed by atoms with Crippen LogP contribution in [-0.2, 0) is 6.54 Å². The van der Waals surface area contributed by atoms with Crippen molar-refractivity contribution in [3.05, 3.63) is 94.6 Å². The van der Waals surface area contributed by atoms with Gasteiger partial charge < -0.3 is 19.1 Å². The van der Waals surface area contributed by atoms with Crippen molar-refractivity contribution in [3.8, 4) is 5.75 Å². The lowest BCUT2D eigenvalue weighted by molar-refractivity contribution is -0.892. The third-order valence-electron chi connectivity index (χ3n) is 7.05. The number of methoxy groups -OCH3 is 1. The number of piperazine rings is 1. The number of nitrogens with one attached hydrogen (secondary N) is 1. The monoisotopic (exact) mass is 488 g/mol. The van der Waals surface area contributed by atoms with Crippen LogP contribution in [0.15, 0.2) is 72.8 Å². The number of quaternary nitrogens is 1. The molecule has 0 spiro atoms. The molecule has 5 nitrogen and oxygen atoms in total. The molecule has 3 aromatic carbocycles. The summed E-state index contributed by atoms with van der Waals surface area (Å²) >= 11 is 6.18. The number of ketones is 1. The molecule has 0 bridgehead atoms. The smallest absolute Gasteiger partial charge is 0.219 e. The number of nitrogens with zero attached hydrogens (tertiary/aromatic N) is 2. The van der Waals surface area contributed by atoms with Crippen LogP contribution in [0.3, 0.4) is 0 Å². The van der Waals surface area contributed by atoms with Gasteiger partial charge in [0.05, 0.1) is 38.9 Å². The third kappa shape index (κ3) is 4.93. The largest absolute Gasteiger partial charge is 0.497 e. The minimum Gasteiger partial charge on any atom is -0.497 e. The molecular formula is C29H31ClN3O2+. The molecule has 1 aromatic heterocycles. The summed E-state index contributed by atoms with van der Waals surface area (Å²) in [7, 11) is 1.67. The van der Waals surface area contributed by atoms with E-state index in [-0.39, 0.29) is 5.78 Å². The summed E-state index contributed by atoms with van der Waals surface area (Å²) in [5.74, 6) is 0.963. The van der Waals surface area contributed by atoms with E-state index in [1.165, 1.54) is 10.5 Å². The summed E-state index contributed by atoms with van der Waals surface area (Å²) in [5, 5.41) is 1.73. The molecule has 0 radical (unpaired) electrons. The van der Waals surface area contributed by atoms with E-state index < -0.39 is 0 Å². The number of Topliss-reactive ketones (excluding diaryl/α,β-unsaturated/α-hetero) is 1. The molecule has 1 fully saturated rings. The van der Waals surface area contributed by atoms with E-state index in [0.29, 0.717) is 6.54 Å². The van der Waals surface area contributed by atoms with Crippen molar-refractivity contribution in [1.82, 2.24) is 4.57 Å². The van der Waals surface area contributed by atoms with Crippen LogP contribution in [0.5, 0.6) is 5.75 Å². The Labute approximate surface area is 211 Å². The summed E-state index contributed by atoms with van der Waals surface area (Å²) in [6.45, 7) is 6.94. The van der Waals surface area contributed by atoms with E-state index >= 15 is 0 Å². The van der Waals surface area contributed by atoms with Gasteiger partial charge in [-0.15, -0.1) is 0 Å². The number of carbonyl (C=O) groups is 1. The van der Waals surface area contributed by atoms with E-state index in [1.54, 1.807) is 7.11 Å². The van der Waals surface area contributed by atoms with Crippen LogP contribution < -0.4 is 14.5 Å². The molecule has 0 saturated carbocycles. The van der Waals surface area contributed by atoms with Crippen LogP contribution in [0.2, 0.25) is 5.02 Å². The van der Waals surface area contributed by atoms with Crippen molar-refractivity contribution in [2.24, 2.45) is 0 Å². The first-order chi connectivity index (χ1) is 17.0. The molecule has 180 valence electrons. The van der Waals surface area contributed by atoms with E-state index in [2.05, 4.69) is 52.8 Å². The lowest BCUT2D eigenvalue weighted by Crippen LogP contribution is -3.15. The molecule has 0 amide bonds. The van der Waals surface area contributed by atoms with Crippen molar-refractivity contribution in [2.45, 2.75) is 13.5 Å². The molecule has 5 rings (SSSR count). The van der Waals surface area contributed by atoms with Crippen molar-refractivity contribution >= 4 is 34.0 Å². The Kier molecular flexibility index (Phi) is 6.80. The summed E-state index contributed by atoms with van der Waals surface area (Å²) < 4.78 is 7.75. The first-order valence-corrected chi connectivity index (χ1v) is 12.5. The number of ether oxygens (including phenoxy) is 1. The molecule has 1 aliphatic heterocycles. The van der Waals surface area contributed by atoms with Crippen molar-refractivity contribution in [2.75, 3.05) is 44.7 Å². The quantitative estimate of drug-likeness (QED) is 0.395. The number of aromatic nitrogens is 1. The van der Waals surface area contributed by atoms with Gasteiger partial charge in [0.15, 0.2) is 0 Å². The van der Waals surface area contributed by atoms with Gasteiger partial charge in [0.1, 0.15) is 12.3 Å². The molecule has 0 atom stereocenters. The number of rotatable bonds is 7. The fourth-order valence-corrected chi connectivity index (χ4v) is 5.34.